The van der Waals surface area contributed by atoms with Crippen molar-refractivity contribution in [2.24, 2.45) is 0 Å². The van der Waals surface area contributed by atoms with Gasteiger partial charge in [-0.1, -0.05) is 58.8 Å². The molecule has 0 aliphatic rings. The molecule has 0 aromatic carbocycles. The lowest BCUT2D eigenvalue weighted by Crippen LogP contribution is -2.27. The van der Waals surface area contributed by atoms with Gasteiger partial charge in [0, 0.05) is 6.61 Å². The van der Waals surface area contributed by atoms with E-state index in [2.05, 4.69) is 18.7 Å². The Hall–Kier alpha value is -0.0800. The van der Waals surface area contributed by atoms with E-state index in [1.165, 1.54) is 77.4 Å². The van der Waals surface area contributed by atoms with Crippen molar-refractivity contribution in [3.8, 4) is 0 Å². The largest absolute Gasteiger partial charge is 0.396 e. The van der Waals surface area contributed by atoms with Crippen LogP contribution in [-0.4, -0.2) is 36.2 Å². The second-order valence-corrected chi connectivity index (χ2v) is 5.75. The van der Waals surface area contributed by atoms with Crippen LogP contribution in [0.2, 0.25) is 0 Å². The molecular weight excluding hydrogens is 234 g/mol. The Morgan fingerprint density at radius 2 is 1.00 bits per heavy atom. The summed E-state index contributed by atoms with van der Waals surface area (Å²) in [6, 6.07) is 0. The average molecular weight is 271 g/mol. The van der Waals surface area contributed by atoms with Gasteiger partial charge in [-0.2, -0.15) is 0 Å². The lowest BCUT2D eigenvalue weighted by atomic mass is 10.1. The smallest absolute Gasteiger partial charge is 0.0431 e. The molecule has 0 radical (unpaired) electrons. The minimum atomic E-state index is 0.347. The van der Waals surface area contributed by atoms with Crippen LogP contribution in [0.4, 0.5) is 0 Å². The summed E-state index contributed by atoms with van der Waals surface area (Å²) in [5, 5.41) is 8.88. The van der Waals surface area contributed by atoms with Crippen LogP contribution in [0.5, 0.6) is 0 Å². The number of unbranched alkanes of at least 4 members (excludes halogenated alkanes) is 8. The van der Waals surface area contributed by atoms with Crippen LogP contribution in [0, 0.1) is 0 Å². The predicted molar refractivity (Wildman–Crippen MR) is 85.7 cm³/mol. The molecule has 0 saturated carbocycles. The topological polar surface area (TPSA) is 23.5 Å². The second-order valence-electron chi connectivity index (χ2n) is 5.75. The first kappa shape index (κ1) is 18.9. The number of nitrogens with zero attached hydrogens (tertiary/aromatic N) is 1. The molecule has 0 saturated heterocycles. The Bertz CT molecular complexity index is 161. The summed E-state index contributed by atoms with van der Waals surface area (Å²) in [4.78, 5) is 2.62. The summed E-state index contributed by atoms with van der Waals surface area (Å²) in [6.45, 7) is 8.60. The molecule has 2 heteroatoms. The highest BCUT2D eigenvalue weighted by molar-refractivity contribution is 4.59. The lowest BCUT2D eigenvalue weighted by Gasteiger charge is -2.22. The van der Waals surface area contributed by atoms with Crippen molar-refractivity contribution in [2.75, 3.05) is 26.2 Å². The number of rotatable bonds is 15. The molecule has 0 spiro atoms. The Balaban J connectivity index is 3.63. The van der Waals surface area contributed by atoms with Crippen molar-refractivity contribution in [3.05, 3.63) is 0 Å². The molecule has 0 fully saturated rings. The highest BCUT2D eigenvalue weighted by Gasteiger charge is 2.04. The molecule has 0 unspecified atom stereocenters. The van der Waals surface area contributed by atoms with E-state index in [0.29, 0.717) is 6.61 Å². The van der Waals surface area contributed by atoms with Crippen molar-refractivity contribution in [2.45, 2.75) is 84.5 Å². The van der Waals surface area contributed by atoms with Gasteiger partial charge in [0.25, 0.3) is 0 Å². The quantitative estimate of drug-likeness (QED) is 0.440. The van der Waals surface area contributed by atoms with E-state index in [0.717, 1.165) is 12.8 Å². The first-order valence-corrected chi connectivity index (χ1v) is 8.68. The summed E-state index contributed by atoms with van der Waals surface area (Å²) < 4.78 is 0. The van der Waals surface area contributed by atoms with Crippen LogP contribution in [0.25, 0.3) is 0 Å². The molecule has 0 rings (SSSR count). The van der Waals surface area contributed by atoms with Crippen LogP contribution in [-0.2, 0) is 0 Å². The van der Waals surface area contributed by atoms with Crippen LogP contribution in [0.1, 0.15) is 84.5 Å². The van der Waals surface area contributed by atoms with Gasteiger partial charge in [-0.25, -0.2) is 0 Å². The lowest BCUT2D eigenvalue weighted by molar-refractivity contribution is 0.234. The third kappa shape index (κ3) is 14.1. The summed E-state index contributed by atoms with van der Waals surface area (Å²) in [5.41, 5.74) is 0. The normalized spacial score (nSPS) is 11.4. The monoisotopic (exact) mass is 271 g/mol. The fraction of sp³-hybridized carbons (Fsp3) is 1.00. The van der Waals surface area contributed by atoms with E-state index in [1.807, 2.05) is 0 Å². The molecule has 0 aromatic rings. The van der Waals surface area contributed by atoms with Gasteiger partial charge in [0.15, 0.2) is 0 Å². The molecule has 19 heavy (non-hydrogen) atoms. The highest BCUT2D eigenvalue weighted by atomic mass is 16.2. The second kappa shape index (κ2) is 16.0. The zero-order valence-corrected chi connectivity index (χ0v) is 13.5. The number of aliphatic hydroxyl groups excluding tert-OH is 1. The SMILES string of the molecule is CCCCCCCN(CCCCO)CCCCCC. The van der Waals surface area contributed by atoms with Crippen LogP contribution < -0.4 is 0 Å². The van der Waals surface area contributed by atoms with E-state index < -0.39 is 0 Å². The van der Waals surface area contributed by atoms with Gasteiger partial charge in [-0.3, -0.25) is 0 Å². The molecule has 0 atom stereocenters. The van der Waals surface area contributed by atoms with E-state index in [1.54, 1.807) is 0 Å². The van der Waals surface area contributed by atoms with Gasteiger partial charge in [-0.05, 0) is 45.3 Å². The molecule has 0 aromatic heterocycles. The molecule has 1 N–H and O–H groups in total. The Morgan fingerprint density at radius 3 is 1.47 bits per heavy atom. The van der Waals surface area contributed by atoms with Crippen molar-refractivity contribution < 1.29 is 5.11 Å². The Kier molecular flexibility index (Phi) is 15.9. The predicted octanol–water partition coefficient (Wildman–Crippen LogP) is 4.61. The summed E-state index contributed by atoms with van der Waals surface area (Å²) in [7, 11) is 0. The van der Waals surface area contributed by atoms with Crippen LogP contribution in [0.15, 0.2) is 0 Å². The molecule has 2 nitrogen and oxygen atoms in total. The zero-order chi connectivity index (χ0) is 14.2. The average Bonchev–Trinajstić information content (AvgIpc) is 2.42. The Morgan fingerprint density at radius 1 is 0.579 bits per heavy atom. The summed E-state index contributed by atoms with van der Waals surface area (Å²) >= 11 is 0. The van der Waals surface area contributed by atoms with Gasteiger partial charge in [0.2, 0.25) is 0 Å². The van der Waals surface area contributed by atoms with Gasteiger partial charge >= 0.3 is 0 Å². The minimum Gasteiger partial charge on any atom is -0.396 e. The fourth-order valence-electron chi connectivity index (χ4n) is 2.48. The van der Waals surface area contributed by atoms with E-state index in [4.69, 9.17) is 5.11 Å². The first-order chi connectivity index (χ1) is 9.35. The first-order valence-electron chi connectivity index (χ1n) is 8.68. The third-order valence-corrected chi connectivity index (χ3v) is 3.79. The molecule has 116 valence electrons. The van der Waals surface area contributed by atoms with Crippen LogP contribution >= 0.6 is 0 Å². The van der Waals surface area contributed by atoms with Gasteiger partial charge in [0.05, 0.1) is 0 Å². The zero-order valence-electron chi connectivity index (χ0n) is 13.5. The molecule has 0 amide bonds. The molecule has 0 bridgehead atoms. The van der Waals surface area contributed by atoms with Crippen molar-refractivity contribution in [3.63, 3.8) is 0 Å². The molecule has 0 heterocycles. The van der Waals surface area contributed by atoms with E-state index in [-0.39, 0.29) is 0 Å². The highest BCUT2D eigenvalue weighted by Crippen LogP contribution is 2.07. The van der Waals surface area contributed by atoms with Gasteiger partial charge in [0.1, 0.15) is 0 Å². The van der Waals surface area contributed by atoms with Crippen molar-refractivity contribution in [1.29, 1.82) is 0 Å². The number of aliphatic hydroxyl groups is 1. The van der Waals surface area contributed by atoms with Crippen molar-refractivity contribution >= 4 is 0 Å². The summed E-state index contributed by atoms with van der Waals surface area (Å²) in [6.07, 6.45) is 14.4. The Labute approximate surface area is 121 Å². The van der Waals surface area contributed by atoms with E-state index in [9.17, 15) is 0 Å². The van der Waals surface area contributed by atoms with Gasteiger partial charge < -0.3 is 10.0 Å². The molecule has 0 aliphatic carbocycles. The summed E-state index contributed by atoms with van der Waals surface area (Å²) in [5.74, 6) is 0. The van der Waals surface area contributed by atoms with Gasteiger partial charge in [-0.15, -0.1) is 0 Å². The molecular formula is C17H37NO. The fourth-order valence-corrected chi connectivity index (χ4v) is 2.48. The maximum Gasteiger partial charge on any atom is 0.0431 e. The third-order valence-electron chi connectivity index (χ3n) is 3.79. The van der Waals surface area contributed by atoms with E-state index >= 15 is 0 Å². The standard InChI is InChI=1S/C17H37NO/c1-3-5-7-9-11-15-18(16-12-13-17-19)14-10-8-6-4-2/h19H,3-17H2,1-2H3. The van der Waals surface area contributed by atoms with Crippen LogP contribution in [0.3, 0.4) is 0 Å². The number of hydrogen-bond donors (Lipinski definition) is 1. The maximum atomic E-state index is 8.88. The van der Waals surface area contributed by atoms with Crippen molar-refractivity contribution in [1.82, 2.24) is 4.90 Å². The number of hydrogen-bond acceptors (Lipinski definition) is 2. The minimum absolute atomic E-state index is 0.347. The molecule has 0 aliphatic heterocycles. The maximum absolute atomic E-state index is 8.88.